The molecule has 2 nitrogen and oxygen atoms in total. The molecule has 0 aromatic carbocycles. The summed E-state index contributed by atoms with van der Waals surface area (Å²) in [5, 5.41) is 0. The van der Waals surface area contributed by atoms with Crippen LogP contribution in [0.3, 0.4) is 0 Å². The number of methoxy groups -OCH3 is 1. The Bertz CT molecular complexity index is 658. The number of halogens is 1. The number of hydrogen-bond acceptors (Lipinski definition) is 2. The number of ether oxygens (including phenoxy) is 1. The number of allylic oxidation sites excluding steroid dienone is 1. The molecule has 198 valence electrons. The molecule has 0 amide bonds. The Morgan fingerprint density at radius 2 is 1.74 bits per heavy atom. The molecule has 3 fully saturated rings. The van der Waals surface area contributed by atoms with Crippen LogP contribution in [0.5, 0.6) is 0 Å². The van der Waals surface area contributed by atoms with Gasteiger partial charge >= 0.3 is 0 Å². The minimum atomic E-state index is 0.222. The molecule has 0 N–H and O–H groups in total. The van der Waals surface area contributed by atoms with Crippen molar-refractivity contribution in [2.75, 3.05) is 7.11 Å². The average Bonchev–Trinajstić information content (AvgIpc) is 3.17. The summed E-state index contributed by atoms with van der Waals surface area (Å²) in [5.41, 5.74) is 2.85. The Hall–Kier alpha value is -0.340. The largest absolute Gasteiger partial charge is 0.381 e. The van der Waals surface area contributed by atoms with E-state index in [1.165, 1.54) is 70.6 Å². The predicted molar refractivity (Wildman–Crippen MR) is 148 cm³/mol. The summed E-state index contributed by atoms with van der Waals surface area (Å²) < 4.78 is 5.75. The van der Waals surface area contributed by atoms with Crippen molar-refractivity contribution in [2.45, 2.75) is 125 Å². The molecule has 0 aromatic heterocycles. The van der Waals surface area contributed by atoms with Crippen LogP contribution in [-0.2, 0) is 9.53 Å². The van der Waals surface area contributed by atoms with Crippen molar-refractivity contribution < 1.29 is 9.53 Å². The van der Waals surface area contributed by atoms with E-state index >= 15 is 0 Å². The van der Waals surface area contributed by atoms with E-state index < -0.39 is 0 Å². The lowest BCUT2D eigenvalue weighted by Gasteiger charge is -2.58. The van der Waals surface area contributed by atoms with Crippen LogP contribution in [-0.4, -0.2) is 19.0 Å². The molecule has 0 heterocycles. The van der Waals surface area contributed by atoms with Crippen LogP contribution in [0.1, 0.15) is 119 Å². The van der Waals surface area contributed by atoms with Crippen LogP contribution in [0.15, 0.2) is 11.6 Å². The minimum Gasteiger partial charge on any atom is -0.381 e. The third kappa shape index (κ3) is 6.13. The summed E-state index contributed by atoms with van der Waals surface area (Å²) in [5.74, 6) is 5.85. The SMILES string of the molecule is CC.COC1CCC2(C)C(=CCC3C2CCC2(C)C(C(C)CCCC(C)C)CCC32)C1.O=CCl. The first-order chi connectivity index (χ1) is 16.2. The first-order valence-electron chi connectivity index (χ1n) is 14.5. The molecule has 4 aliphatic rings. The number of rotatable bonds is 6. The summed E-state index contributed by atoms with van der Waals surface area (Å²) in [6, 6.07) is 0. The monoisotopic (exact) mass is 494 g/mol. The summed E-state index contributed by atoms with van der Waals surface area (Å²) in [7, 11) is 1.91. The summed E-state index contributed by atoms with van der Waals surface area (Å²) in [6.07, 6.45) is 18.7. The zero-order valence-electron chi connectivity index (χ0n) is 23.7. The van der Waals surface area contributed by atoms with Crippen molar-refractivity contribution in [1.82, 2.24) is 0 Å². The van der Waals surface area contributed by atoms with Crippen molar-refractivity contribution in [2.24, 2.45) is 46.3 Å². The second-order valence-electron chi connectivity index (χ2n) is 12.5. The molecule has 4 aliphatic carbocycles. The lowest BCUT2D eigenvalue weighted by atomic mass is 9.47. The van der Waals surface area contributed by atoms with Gasteiger partial charge in [-0.25, -0.2) is 0 Å². The van der Waals surface area contributed by atoms with Crippen molar-refractivity contribution >= 4 is 17.3 Å². The molecule has 4 rings (SSSR count). The molecule has 34 heavy (non-hydrogen) atoms. The van der Waals surface area contributed by atoms with E-state index in [1.54, 1.807) is 5.57 Å². The lowest BCUT2D eigenvalue weighted by Crippen LogP contribution is -2.50. The topological polar surface area (TPSA) is 26.3 Å². The molecule has 8 atom stereocenters. The summed E-state index contributed by atoms with van der Waals surface area (Å²) >= 11 is 4.32. The highest BCUT2D eigenvalue weighted by Crippen LogP contribution is 2.67. The molecule has 0 bridgehead atoms. The zero-order valence-corrected chi connectivity index (χ0v) is 24.4. The van der Waals surface area contributed by atoms with Crippen molar-refractivity contribution in [3.05, 3.63) is 11.6 Å². The van der Waals surface area contributed by atoms with Crippen LogP contribution < -0.4 is 0 Å². The summed E-state index contributed by atoms with van der Waals surface area (Å²) in [6.45, 7) is 16.7. The molecule has 0 radical (unpaired) electrons. The summed E-state index contributed by atoms with van der Waals surface area (Å²) in [4.78, 5) is 8.57. The number of fused-ring (bicyclic) bond motifs is 5. The van der Waals surface area contributed by atoms with Gasteiger partial charge in [0.05, 0.1) is 6.10 Å². The molecule has 0 saturated heterocycles. The highest BCUT2D eigenvalue weighted by Gasteiger charge is 2.59. The van der Waals surface area contributed by atoms with Gasteiger partial charge in [-0.1, -0.05) is 79.4 Å². The Balaban J connectivity index is 0.000000758. The maximum Gasteiger partial charge on any atom is 0.208 e. The van der Waals surface area contributed by atoms with Gasteiger partial charge in [-0.2, -0.15) is 0 Å². The van der Waals surface area contributed by atoms with Gasteiger partial charge < -0.3 is 4.74 Å². The van der Waals surface area contributed by atoms with Gasteiger partial charge in [0.25, 0.3) is 0 Å². The van der Waals surface area contributed by atoms with Gasteiger partial charge in [0, 0.05) is 7.11 Å². The average molecular weight is 495 g/mol. The number of carbonyl (C=O) groups is 1. The Morgan fingerprint density at radius 1 is 1.06 bits per heavy atom. The third-order valence-corrected chi connectivity index (χ3v) is 10.6. The second-order valence-corrected chi connectivity index (χ2v) is 12.7. The predicted octanol–water partition coefficient (Wildman–Crippen LogP) is 9.48. The Morgan fingerprint density at radius 3 is 2.35 bits per heavy atom. The Kier molecular flexibility index (Phi) is 11.7. The standard InChI is InChI=1S/C28H48O.C2H6.CHClO/c1-19(2)8-7-9-20(3)24-12-13-25-23-11-10-21-18-22(29-6)14-16-27(21,4)26(23)15-17-28(24,25)5;1-2;2-1-3/h10,19-20,22-26H,7-9,11-18H2,1-6H3;1-2H3;1H. The van der Waals surface area contributed by atoms with Gasteiger partial charge in [-0.05, 0) is 109 Å². The zero-order chi connectivity index (χ0) is 25.5. The van der Waals surface area contributed by atoms with Crippen LogP contribution in [0, 0.1) is 46.3 Å². The van der Waals surface area contributed by atoms with Crippen molar-refractivity contribution in [3.8, 4) is 0 Å². The van der Waals surface area contributed by atoms with Gasteiger partial charge in [0.15, 0.2) is 0 Å². The van der Waals surface area contributed by atoms with Gasteiger partial charge in [-0.3, -0.25) is 4.79 Å². The quantitative estimate of drug-likeness (QED) is 0.208. The van der Waals surface area contributed by atoms with Gasteiger partial charge in [0.1, 0.15) is 0 Å². The lowest BCUT2D eigenvalue weighted by molar-refractivity contribution is -0.0601. The van der Waals surface area contributed by atoms with Crippen LogP contribution in [0.4, 0.5) is 0 Å². The molecular formula is C31H55ClO2. The first-order valence-corrected chi connectivity index (χ1v) is 14.9. The molecule has 0 aromatic rings. The smallest absolute Gasteiger partial charge is 0.208 e. The van der Waals surface area contributed by atoms with E-state index in [9.17, 15) is 0 Å². The first kappa shape index (κ1) is 29.9. The molecule has 3 heteroatoms. The van der Waals surface area contributed by atoms with E-state index in [2.05, 4.69) is 52.3 Å². The Labute approximate surface area is 217 Å². The highest BCUT2D eigenvalue weighted by molar-refractivity contribution is 6.54. The van der Waals surface area contributed by atoms with E-state index in [1.807, 2.05) is 21.0 Å². The molecule has 0 spiro atoms. The van der Waals surface area contributed by atoms with E-state index in [0.717, 1.165) is 35.5 Å². The molecule has 8 unspecified atom stereocenters. The number of hydrogen-bond donors (Lipinski definition) is 0. The number of carbonyl (C=O) groups excluding carboxylic acids is 1. The fraction of sp³-hybridized carbons (Fsp3) is 0.903. The second kappa shape index (κ2) is 13.3. The molecule has 3 saturated carbocycles. The van der Waals surface area contributed by atoms with E-state index in [-0.39, 0.29) is 5.75 Å². The maximum absolute atomic E-state index is 8.57. The molecule has 0 aliphatic heterocycles. The van der Waals surface area contributed by atoms with E-state index in [4.69, 9.17) is 9.53 Å². The van der Waals surface area contributed by atoms with E-state index in [0.29, 0.717) is 16.9 Å². The van der Waals surface area contributed by atoms with Crippen LogP contribution >= 0.6 is 11.6 Å². The van der Waals surface area contributed by atoms with Gasteiger partial charge in [-0.15, -0.1) is 0 Å². The normalized spacial score (nSPS) is 39.2. The third-order valence-electron chi connectivity index (χ3n) is 10.6. The fourth-order valence-corrected chi connectivity index (χ4v) is 8.85. The van der Waals surface area contributed by atoms with Gasteiger partial charge in [0.2, 0.25) is 5.75 Å². The van der Waals surface area contributed by atoms with Crippen LogP contribution in [0.2, 0.25) is 0 Å². The molecular weight excluding hydrogens is 440 g/mol. The van der Waals surface area contributed by atoms with Crippen molar-refractivity contribution in [1.29, 1.82) is 0 Å². The maximum atomic E-state index is 8.57. The minimum absolute atomic E-state index is 0.222. The van der Waals surface area contributed by atoms with Crippen LogP contribution in [0.25, 0.3) is 0 Å². The fourth-order valence-electron chi connectivity index (χ4n) is 8.85. The highest BCUT2D eigenvalue weighted by atomic mass is 35.5. The van der Waals surface area contributed by atoms with Crippen molar-refractivity contribution in [3.63, 3.8) is 0 Å².